The van der Waals surface area contributed by atoms with Crippen LogP contribution in [0.25, 0.3) is 0 Å². The molecule has 0 bridgehead atoms. The Labute approximate surface area is 158 Å². The molecule has 0 aliphatic carbocycles. The molecule has 2 N–H and O–H groups in total. The lowest BCUT2D eigenvalue weighted by Crippen LogP contribution is -2.43. The first-order valence-electron chi connectivity index (χ1n) is 8.23. The van der Waals surface area contributed by atoms with Crippen LogP contribution in [0.15, 0.2) is 36.4 Å². The average Bonchev–Trinajstić information content (AvgIpc) is 2.62. The third-order valence-electron chi connectivity index (χ3n) is 4.40. The number of hydrogen-bond acceptors (Lipinski definition) is 3. The molecule has 6 heteroatoms. The van der Waals surface area contributed by atoms with Crippen molar-refractivity contribution < 1.29 is 9.84 Å². The standard InChI is InChI=1S/C19H21ClN2O2S/c1-24-18-11-14-7-9-22(12-15(14)10-17(18)23)19(25)21-8-6-13-2-4-16(20)5-3-13/h2-5,10-11,23H,6-9,12H2,1H3,(H,21,25). The van der Waals surface area contributed by atoms with Gasteiger partial charge in [-0.3, -0.25) is 0 Å². The van der Waals surface area contributed by atoms with Gasteiger partial charge in [0.05, 0.1) is 7.11 Å². The third-order valence-corrected chi connectivity index (χ3v) is 5.06. The molecule has 4 nitrogen and oxygen atoms in total. The zero-order chi connectivity index (χ0) is 17.8. The van der Waals surface area contributed by atoms with E-state index >= 15 is 0 Å². The van der Waals surface area contributed by atoms with E-state index in [-0.39, 0.29) is 5.75 Å². The van der Waals surface area contributed by atoms with Gasteiger partial charge in [0.2, 0.25) is 0 Å². The van der Waals surface area contributed by atoms with Gasteiger partial charge >= 0.3 is 0 Å². The van der Waals surface area contributed by atoms with Gasteiger partial charge in [0, 0.05) is 24.7 Å². The van der Waals surface area contributed by atoms with E-state index in [0.717, 1.165) is 41.6 Å². The van der Waals surface area contributed by atoms with Gasteiger partial charge in [-0.25, -0.2) is 0 Å². The van der Waals surface area contributed by atoms with Crippen molar-refractivity contribution in [3.8, 4) is 11.5 Å². The van der Waals surface area contributed by atoms with Crippen LogP contribution in [0.2, 0.25) is 5.02 Å². The molecular formula is C19H21ClN2O2S. The number of fused-ring (bicyclic) bond motifs is 1. The molecule has 0 spiro atoms. The number of phenols is 1. The van der Waals surface area contributed by atoms with Crippen molar-refractivity contribution in [1.29, 1.82) is 0 Å². The van der Waals surface area contributed by atoms with Crippen LogP contribution in [-0.4, -0.2) is 35.3 Å². The Kier molecular flexibility index (Phi) is 5.66. The minimum absolute atomic E-state index is 0.171. The number of halogens is 1. The van der Waals surface area contributed by atoms with Gasteiger partial charge in [-0.05, 0) is 66.0 Å². The summed E-state index contributed by atoms with van der Waals surface area (Å²) in [6, 6.07) is 11.5. The zero-order valence-corrected chi connectivity index (χ0v) is 15.7. The van der Waals surface area contributed by atoms with Crippen LogP contribution in [0, 0.1) is 0 Å². The maximum Gasteiger partial charge on any atom is 0.169 e. The molecule has 0 radical (unpaired) electrons. The minimum atomic E-state index is 0.171. The summed E-state index contributed by atoms with van der Waals surface area (Å²) in [4.78, 5) is 2.13. The number of thiocarbonyl (C=S) groups is 1. The van der Waals surface area contributed by atoms with Crippen molar-refractivity contribution in [2.75, 3.05) is 20.2 Å². The van der Waals surface area contributed by atoms with Crippen molar-refractivity contribution in [1.82, 2.24) is 10.2 Å². The van der Waals surface area contributed by atoms with E-state index in [1.54, 1.807) is 13.2 Å². The van der Waals surface area contributed by atoms with Gasteiger partial charge in [-0.2, -0.15) is 0 Å². The Morgan fingerprint density at radius 1 is 1.28 bits per heavy atom. The normalized spacial score (nSPS) is 13.3. The number of rotatable bonds is 4. The van der Waals surface area contributed by atoms with E-state index in [1.165, 1.54) is 11.1 Å². The summed E-state index contributed by atoms with van der Waals surface area (Å²) in [5, 5.41) is 14.8. The van der Waals surface area contributed by atoms with Crippen molar-refractivity contribution in [2.24, 2.45) is 0 Å². The second-order valence-electron chi connectivity index (χ2n) is 6.07. The Morgan fingerprint density at radius 2 is 2.04 bits per heavy atom. The molecule has 0 saturated carbocycles. The third kappa shape index (κ3) is 4.35. The van der Waals surface area contributed by atoms with Crippen LogP contribution in [0.3, 0.4) is 0 Å². The highest BCUT2D eigenvalue weighted by Crippen LogP contribution is 2.32. The van der Waals surface area contributed by atoms with Crippen LogP contribution < -0.4 is 10.1 Å². The van der Waals surface area contributed by atoms with Gasteiger partial charge in [0.25, 0.3) is 0 Å². The Morgan fingerprint density at radius 3 is 2.76 bits per heavy atom. The lowest BCUT2D eigenvalue weighted by atomic mass is 9.99. The molecule has 0 fully saturated rings. The SMILES string of the molecule is COc1cc2c(cc1O)CN(C(=S)NCCc1ccc(Cl)cc1)CC2. The molecule has 0 aromatic heterocycles. The van der Waals surface area contributed by atoms with Crippen molar-refractivity contribution in [3.63, 3.8) is 0 Å². The first-order chi connectivity index (χ1) is 12.1. The Hall–Kier alpha value is -1.98. The minimum Gasteiger partial charge on any atom is -0.504 e. The number of aromatic hydroxyl groups is 1. The van der Waals surface area contributed by atoms with Gasteiger partial charge < -0.3 is 20.1 Å². The molecule has 2 aromatic rings. The van der Waals surface area contributed by atoms with Crippen LogP contribution in [0.4, 0.5) is 0 Å². The zero-order valence-electron chi connectivity index (χ0n) is 14.1. The monoisotopic (exact) mass is 376 g/mol. The average molecular weight is 377 g/mol. The van der Waals surface area contributed by atoms with Crippen LogP contribution in [-0.2, 0) is 19.4 Å². The highest BCUT2D eigenvalue weighted by Gasteiger charge is 2.20. The van der Waals surface area contributed by atoms with Crippen LogP contribution in [0.1, 0.15) is 16.7 Å². The fourth-order valence-corrected chi connectivity index (χ4v) is 3.37. The summed E-state index contributed by atoms with van der Waals surface area (Å²) in [7, 11) is 1.57. The molecule has 25 heavy (non-hydrogen) atoms. The summed E-state index contributed by atoms with van der Waals surface area (Å²) in [6.07, 6.45) is 1.77. The van der Waals surface area contributed by atoms with Gasteiger partial charge in [-0.15, -0.1) is 0 Å². The van der Waals surface area contributed by atoms with E-state index in [0.29, 0.717) is 12.3 Å². The van der Waals surface area contributed by atoms with Crippen molar-refractivity contribution >= 4 is 28.9 Å². The fourth-order valence-electron chi connectivity index (χ4n) is 2.99. The lowest BCUT2D eigenvalue weighted by Gasteiger charge is -2.31. The number of nitrogens with one attached hydrogen (secondary N) is 1. The van der Waals surface area contributed by atoms with Gasteiger partial charge in [-0.1, -0.05) is 23.7 Å². The van der Waals surface area contributed by atoms with Gasteiger partial charge in [0.1, 0.15) is 0 Å². The van der Waals surface area contributed by atoms with E-state index < -0.39 is 0 Å². The highest BCUT2D eigenvalue weighted by molar-refractivity contribution is 7.80. The summed E-state index contributed by atoms with van der Waals surface area (Å²) in [6.45, 7) is 2.32. The summed E-state index contributed by atoms with van der Waals surface area (Å²) < 4.78 is 5.18. The first-order valence-corrected chi connectivity index (χ1v) is 9.01. The molecule has 132 valence electrons. The summed E-state index contributed by atoms with van der Waals surface area (Å²) in [5.41, 5.74) is 3.52. The van der Waals surface area contributed by atoms with E-state index in [1.807, 2.05) is 30.3 Å². The maximum absolute atomic E-state index is 9.98. The first kappa shape index (κ1) is 17.8. The number of nitrogens with zero attached hydrogens (tertiary/aromatic N) is 1. The molecule has 1 aliphatic rings. The molecule has 1 heterocycles. The smallest absolute Gasteiger partial charge is 0.169 e. The molecule has 1 aliphatic heterocycles. The number of phenolic OH excluding ortho intramolecular Hbond substituents is 1. The van der Waals surface area contributed by atoms with Crippen LogP contribution >= 0.6 is 23.8 Å². The summed E-state index contributed by atoms with van der Waals surface area (Å²) in [5.74, 6) is 0.695. The van der Waals surface area contributed by atoms with Gasteiger partial charge in [0.15, 0.2) is 16.6 Å². The van der Waals surface area contributed by atoms with Crippen LogP contribution in [0.5, 0.6) is 11.5 Å². The van der Waals surface area contributed by atoms with E-state index in [4.69, 9.17) is 28.6 Å². The number of hydrogen-bond donors (Lipinski definition) is 2. The Balaban J connectivity index is 1.55. The quantitative estimate of drug-likeness (QED) is 0.799. The second kappa shape index (κ2) is 7.93. The molecule has 0 saturated heterocycles. The number of methoxy groups -OCH3 is 1. The number of ether oxygens (including phenoxy) is 1. The molecule has 3 rings (SSSR count). The predicted molar refractivity (Wildman–Crippen MR) is 105 cm³/mol. The maximum atomic E-state index is 9.98. The van der Waals surface area contributed by atoms with Crippen molar-refractivity contribution in [3.05, 3.63) is 58.1 Å². The predicted octanol–water partition coefficient (Wildman–Crippen LogP) is 3.53. The summed E-state index contributed by atoms with van der Waals surface area (Å²) >= 11 is 11.4. The second-order valence-corrected chi connectivity index (χ2v) is 6.90. The van der Waals surface area contributed by atoms with Crippen molar-refractivity contribution in [2.45, 2.75) is 19.4 Å². The topological polar surface area (TPSA) is 44.7 Å². The molecule has 2 aromatic carbocycles. The highest BCUT2D eigenvalue weighted by atomic mass is 35.5. The molecule has 0 atom stereocenters. The molecule has 0 amide bonds. The van der Waals surface area contributed by atoms with E-state index in [2.05, 4.69) is 10.2 Å². The lowest BCUT2D eigenvalue weighted by molar-refractivity contribution is 0.361. The molecule has 0 unspecified atom stereocenters. The molecular weight excluding hydrogens is 356 g/mol. The fraction of sp³-hybridized carbons (Fsp3) is 0.316. The largest absolute Gasteiger partial charge is 0.504 e. The number of benzene rings is 2. The van der Waals surface area contributed by atoms with E-state index in [9.17, 15) is 5.11 Å². The Bertz CT molecular complexity index is 765.